The van der Waals surface area contributed by atoms with Crippen molar-refractivity contribution in [3.63, 3.8) is 0 Å². The Hall–Kier alpha value is -2.71. The van der Waals surface area contributed by atoms with E-state index in [0.29, 0.717) is 29.6 Å². The Bertz CT molecular complexity index is 965. The number of thiazole rings is 1. The van der Waals surface area contributed by atoms with Crippen LogP contribution in [-0.4, -0.2) is 29.5 Å². The van der Waals surface area contributed by atoms with E-state index in [1.165, 1.54) is 23.5 Å². The lowest BCUT2D eigenvalue weighted by atomic mass is 10.2. The van der Waals surface area contributed by atoms with Crippen LogP contribution in [-0.2, 0) is 24.4 Å². The van der Waals surface area contributed by atoms with Gasteiger partial charge in [0.25, 0.3) is 0 Å². The maximum atomic E-state index is 12.5. The van der Waals surface area contributed by atoms with Crippen LogP contribution in [0.15, 0.2) is 53.9 Å². The predicted octanol–water partition coefficient (Wildman–Crippen LogP) is 5.18. The molecule has 0 radical (unpaired) electrons. The van der Waals surface area contributed by atoms with Crippen molar-refractivity contribution in [2.45, 2.75) is 26.2 Å². The van der Waals surface area contributed by atoms with E-state index < -0.39 is 6.61 Å². The van der Waals surface area contributed by atoms with E-state index in [-0.39, 0.29) is 18.1 Å². The minimum Gasteiger partial charge on any atom is -0.486 e. The largest absolute Gasteiger partial charge is 0.486 e. The molecule has 3 aromatic rings. The number of rotatable bonds is 9. The molecule has 0 bridgehead atoms. The van der Waals surface area contributed by atoms with Gasteiger partial charge in [-0.25, -0.2) is 4.98 Å². The second-order valence-corrected chi connectivity index (χ2v) is 7.80. The summed E-state index contributed by atoms with van der Waals surface area (Å²) in [7, 11) is 1.68. The van der Waals surface area contributed by atoms with Crippen molar-refractivity contribution in [3.8, 4) is 11.5 Å². The zero-order chi connectivity index (χ0) is 21.5. The number of carbonyl (C=O) groups excluding carboxylic acids is 1. The van der Waals surface area contributed by atoms with Crippen molar-refractivity contribution in [3.05, 3.63) is 75.2 Å². The van der Waals surface area contributed by atoms with Crippen LogP contribution in [0.3, 0.4) is 0 Å². The summed E-state index contributed by atoms with van der Waals surface area (Å²) in [6.45, 7) is -2.20. The van der Waals surface area contributed by atoms with Crippen LogP contribution in [0.4, 0.5) is 8.78 Å². The average molecular weight is 453 g/mol. The number of halogens is 3. The van der Waals surface area contributed by atoms with Gasteiger partial charge in [-0.3, -0.25) is 4.79 Å². The molecule has 0 aliphatic heterocycles. The predicted molar refractivity (Wildman–Crippen MR) is 111 cm³/mol. The zero-order valence-electron chi connectivity index (χ0n) is 16.1. The van der Waals surface area contributed by atoms with Gasteiger partial charge < -0.3 is 14.4 Å². The fourth-order valence-electron chi connectivity index (χ4n) is 2.60. The SMILES string of the molecule is CN(Cc1ccc(OC(F)F)cc1)C(=O)Cc1csc(COc2ccc(Cl)cc2)n1. The first-order chi connectivity index (χ1) is 14.4. The van der Waals surface area contributed by atoms with Gasteiger partial charge in [-0.2, -0.15) is 8.78 Å². The van der Waals surface area contributed by atoms with Crippen molar-refractivity contribution < 1.29 is 23.0 Å². The monoisotopic (exact) mass is 452 g/mol. The smallest absolute Gasteiger partial charge is 0.387 e. The summed E-state index contributed by atoms with van der Waals surface area (Å²) < 4.78 is 34.4. The average Bonchev–Trinajstić information content (AvgIpc) is 3.16. The first-order valence-electron chi connectivity index (χ1n) is 8.98. The Morgan fingerprint density at radius 1 is 1.13 bits per heavy atom. The molecule has 1 aromatic heterocycles. The fraction of sp³-hybridized carbons (Fsp3) is 0.238. The van der Waals surface area contributed by atoms with Crippen LogP contribution in [0.25, 0.3) is 0 Å². The van der Waals surface area contributed by atoms with Gasteiger partial charge in [0.2, 0.25) is 5.91 Å². The molecular formula is C21H19ClF2N2O3S. The molecule has 0 saturated carbocycles. The second kappa shape index (κ2) is 10.4. The van der Waals surface area contributed by atoms with E-state index in [9.17, 15) is 13.6 Å². The van der Waals surface area contributed by atoms with E-state index in [2.05, 4.69) is 9.72 Å². The molecule has 0 atom stereocenters. The second-order valence-electron chi connectivity index (χ2n) is 6.42. The standard InChI is InChI=1S/C21H19ClF2N2O3S/c1-26(11-14-2-6-18(7-3-14)29-21(23)24)20(27)10-16-13-30-19(25-16)12-28-17-8-4-15(22)5-9-17/h2-9,13,21H,10-12H2,1H3. The van der Waals surface area contributed by atoms with Crippen molar-refractivity contribution in [2.24, 2.45) is 0 Å². The molecule has 0 aliphatic rings. The zero-order valence-corrected chi connectivity index (χ0v) is 17.6. The molecule has 0 fully saturated rings. The van der Waals surface area contributed by atoms with Gasteiger partial charge >= 0.3 is 6.61 Å². The minimum atomic E-state index is -2.86. The molecule has 158 valence electrons. The molecule has 0 unspecified atom stereocenters. The maximum absolute atomic E-state index is 12.5. The third-order valence-corrected chi connectivity index (χ3v) is 5.22. The number of carbonyl (C=O) groups is 1. The molecule has 2 aromatic carbocycles. The Morgan fingerprint density at radius 2 is 1.80 bits per heavy atom. The van der Waals surface area contributed by atoms with Crippen molar-refractivity contribution in [1.82, 2.24) is 9.88 Å². The van der Waals surface area contributed by atoms with Gasteiger partial charge in [-0.05, 0) is 42.0 Å². The van der Waals surface area contributed by atoms with Crippen LogP contribution in [0, 0.1) is 0 Å². The normalized spacial score (nSPS) is 10.8. The van der Waals surface area contributed by atoms with E-state index >= 15 is 0 Å². The van der Waals surface area contributed by atoms with Crippen molar-refractivity contribution >= 4 is 28.8 Å². The summed E-state index contributed by atoms with van der Waals surface area (Å²) in [5.41, 5.74) is 1.48. The molecular weight excluding hydrogens is 434 g/mol. The Balaban J connectivity index is 1.48. The van der Waals surface area contributed by atoms with E-state index in [1.807, 2.05) is 5.38 Å². The molecule has 5 nitrogen and oxygen atoms in total. The molecule has 0 saturated heterocycles. The molecule has 3 rings (SSSR count). The summed E-state index contributed by atoms with van der Waals surface area (Å²) in [5, 5.41) is 3.24. The first kappa shape index (κ1) is 22.0. The summed E-state index contributed by atoms with van der Waals surface area (Å²) in [5.74, 6) is 0.675. The molecule has 1 amide bonds. The lowest BCUT2D eigenvalue weighted by molar-refractivity contribution is -0.129. The lowest BCUT2D eigenvalue weighted by Gasteiger charge is -2.17. The van der Waals surface area contributed by atoms with Gasteiger partial charge in [0.15, 0.2) is 0 Å². The molecule has 0 N–H and O–H groups in total. The topological polar surface area (TPSA) is 51.7 Å². The molecule has 9 heteroatoms. The van der Waals surface area contributed by atoms with Gasteiger partial charge in [0.1, 0.15) is 23.1 Å². The van der Waals surface area contributed by atoms with Gasteiger partial charge in [-0.15, -0.1) is 11.3 Å². The Labute approximate surface area is 181 Å². The summed E-state index contributed by atoms with van der Waals surface area (Å²) in [6.07, 6.45) is 0.167. The number of amides is 1. The lowest BCUT2D eigenvalue weighted by Crippen LogP contribution is -2.27. The summed E-state index contributed by atoms with van der Waals surface area (Å²) >= 11 is 7.28. The van der Waals surface area contributed by atoms with Gasteiger partial charge in [-0.1, -0.05) is 23.7 Å². The molecule has 0 spiro atoms. The molecule has 30 heavy (non-hydrogen) atoms. The van der Waals surface area contributed by atoms with Crippen molar-refractivity contribution in [2.75, 3.05) is 7.05 Å². The van der Waals surface area contributed by atoms with Crippen molar-refractivity contribution in [1.29, 1.82) is 0 Å². The highest BCUT2D eigenvalue weighted by Gasteiger charge is 2.13. The number of benzene rings is 2. The number of aromatic nitrogens is 1. The van der Waals surface area contributed by atoms with Gasteiger partial charge in [0.05, 0.1) is 12.1 Å². The quantitative estimate of drug-likeness (QED) is 0.449. The summed E-state index contributed by atoms with van der Waals surface area (Å²) in [4.78, 5) is 18.5. The fourth-order valence-corrected chi connectivity index (χ4v) is 3.43. The van der Waals surface area contributed by atoms with Crippen LogP contribution in [0.1, 0.15) is 16.3 Å². The Morgan fingerprint density at radius 3 is 2.47 bits per heavy atom. The number of alkyl halides is 2. The number of likely N-dealkylation sites (N-methyl/N-ethyl adjacent to an activating group) is 1. The van der Waals surface area contributed by atoms with E-state index in [4.69, 9.17) is 16.3 Å². The first-order valence-corrected chi connectivity index (χ1v) is 10.2. The summed E-state index contributed by atoms with van der Waals surface area (Å²) in [6, 6.07) is 13.3. The third kappa shape index (κ3) is 6.67. The highest BCUT2D eigenvalue weighted by Crippen LogP contribution is 2.19. The number of ether oxygens (including phenoxy) is 2. The highest BCUT2D eigenvalue weighted by molar-refractivity contribution is 7.09. The highest BCUT2D eigenvalue weighted by atomic mass is 35.5. The number of hydrogen-bond acceptors (Lipinski definition) is 5. The minimum absolute atomic E-state index is 0.0820. The van der Waals surface area contributed by atoms with Crippen LogP contribution < -0.4 is 9.47 Å². The molecule has 0 aliphatic carbocycles. The number of hydrogen-bond donors (Lipinski definition) is 0. The van der Waals surface area contributed by atoms with E-state index in [0.717, 1.165) is 10.6 Å². The molecule has 1 heterocycles. The maximum Gasteiger partial charge on any atom is 0.387 e. The Kier molecular flexibility index (Phi) is 7.59. The third-order valence-electron chi connectivity index (χ3n) is 4.10. The van der Waals surface area contributed by atoms with Crippen LogP contribution >= 0.6 is 22.9 Å². The van der Waals surface area contributed by atoms with Crippen LogP contribution in [0.5, 0.6) is 11.5 Å². The van der Waals surface area contributed by atoms with Crippen LogP contribution in [0.2, 0.25) is 5.02 Å². The number of nitrogens with zero attached hydrogens (tertiary/aromatic N) is 2. The van der Waals surface area contributed by atoms with E-state index in [1.54, 1.807) is 48.3 Å². The van der Waals surface area contributed by atoms with Gasteiger partial charge in [0, 0.05) is 24.0 Å².